The van der Waals surface area contributed by atoms with Crippen LogP contribution in [0.5, 0.6) is 0 Å². The number of thioether (sulfide) groups is 1. The lowest BCUT2D eigenvalue weighted by Gasteiger charge is -2.13. The van der Waals surface area contributed by atoms with Gasteiger partial charge in [0.05, 0.1) is 6.10 Å². The van der Waals surface area contributed by atoms with E-state index in [2.05, 4.69) is 30.9 Å². The Balaban J connectivity index is 1.88. The van der Waals surface area contributed by atoms with Crippen molar-refractivity contribution in [2.24, 2.45) is 0 Å². The quantitative estimate of drug-likeness (QED) is 0.661. The highest BCUT2D eigenvalue weighted by Crippen LogP contribution is 2.25. The summed E-state index contributed by atoms with van der Waals surface area (Å²) in [5, 5.41) is 4.20. The minimum Gasteiger partial charge on any atom is -0.377 e. The van der Waals surface area contributed by atoms with Crippen LogP contribution >= 0.6 is 11.8 Å². The maximum Gasteiger partial charge on any atom is 0.0666 e. The van der Waals surface area contributed by atoms with Crippen LogP contribution in [0.1, 0.15) is 33.1 Å². The number of hydrogen-bond donors (Lipinski definition) is 1. The van der Waals surface area contributed by atoms with Crippen LogP contribution in [0.2, 0.25) is 0 Å². The number of ether oxygens (including phenoxy) is 1. The minimum absolute atomic E-state index is 0.468. The van der Waals surface area contributed by atoms with E-state index < -0.39 is 0 Å². The van der Waals surface area contributed by atoms with Gasteiger partial charge in [-0.15, -0.1) is 0 Å². The fraction of sp³-hybridized carbons (Fsp3) is 1.00. The lowest BCUT2D eigenvalue weighted by atomic mass is 10.3. The molecule has 0 amide bonds. The normalized spacial score (nSPS) is 27.0. The van der Waals surface area contributed by atoms with Gasteiger partial charge in [-0.3, -0.25) is 0 Å². The third kappa shape index (κ3) is 4.67. The van der Waals surface area contributed by atoms with Crippen LogP contribution in [0, 0.1) is 0 Å². The van der Waals surface area contributed by atoms with Gasteiger partial charge in [0.2, 0.25) is 0 Å². The first-order valence-corrected chi connectivity index (χ1v) is 6.83. The van der Waals surface area contributed by atoms with E-state index in [4.69, 9.17) is 4.74 Å². The van der Waals surface area contributed by atoms with Crippen molar-refractivity contribution in [3.05, 3.63) is 0 Å². The van der Waals surface area contributed by atoms with E-state index in [-0.39, 0.29) is 0 Å². The van der Waals surface area contributed by atoms with Crippen LogP contribution < -0.4 is 5.32 Å². The first-order chi connectivity index (χ1) is 6.84. The van der Waals surface area contributed by atoms with Gasteiger partial charge in [0, 0.05) is 24.2 Å². The molecule has 0 bridgehead atoms. The molecule has 2 nitrogen and oxygen atoms in total. The Morgan fingerprint density at radius 2 is 2.29 bits per heavy atom. The summed E-state index contributed by atoms with van der Waals surface area (Å²) in [4.78, 5) is 0. The summed E-state index contributed by atoms with van der Waals surface area (Å²) in [6, 6.07) is 0. The van der Waals surface area contributed by atoms with Gasteiger partial charge in [0.15, 0.2) is 0 Å². The molecule has 1 aliphatic rings. The van der Waals surface area contributed by atoms with E-state index in [9.17, 15) is 0 Å². The topological polar surface area (TPSA) is 21.3 Å². The van der Waals surface area contributed by atoms with Crippen molar-refractivity contribution < 1.29 is 4.74 Å². The third-order valence-electron chi connectivity index (χ3n) is 2.62. The fourth-order valence-corrected chi connectivity index (χ4v) is 2.82. The summed E-state index contributed by atoms with van der Waals surface area (Å²) in [7, 11) is 0. The van der Waals surface area contributed by atoms with Crippen LogP contribution in [0.3, 0.4) is 0 Å². The lowest BCUT2D eigenvalue weighted by molar-refractivity contribution is 0.127. The number of hydrogen-bond acceptors (Lipinski definition) is 3. The summed E-state index contributed by atoms with van der Waals surface area (Å²) in [5.74, 6) is 1.22. The van der Waals surface area contributed by atoms with E-state index >= 15 is 0 Å². The second kappa shape index (κ2) is 7.55. The number of nitrogens with one attached hydrogen (secondary N) is 1. The molecule has 0 aliphatic carbocycles. The Morgan fingerprint density at radius 1 is 1.43 bits per heavy atom. The predicted octanol–water partition coefficient (Wildman–Crippen LogP) is 2.29. The monoisotopic (exact) mass is 217 g/mol. The second-order valence-corrected chi connectivity index (χ2v) is 5.22. The van der Waals surface area contributed by atoms with Crippen molar-refractivity contribution in [1.82, 2.24) is 5.32 Å². The molecular formula is C11H23NOS. The van der Waals surface area contributed by atoms with Gasteiger partial charge in [-0.25, -0.2) is 0 Å². The molecule has 0 aromatic carbocycles. The Kier molecular flexibility index (Phi) is 6.65. The van der Waals surface area contributed by atoms with Crippen LogP contribution in [0.15, 0.2) is 0 Å². The summed E-state index contributed by atoms with van der Waals surface area (Å²) in [6.07, 6.45) is 4.29. The average Bonchev–Trinajstić information content (AvgIpc) is 2.58. The smallest absolute Gasteiger partial charge is 0.0666 e. The van der Waals surface area contributed by atoms with Crippen LogP contribution in [-0.4, -0.2) is 36.8 Å². The SMILES string of the molecule is CCCCNCCSC1CCOC1C. The molecule has 1 fully saturated rings. The highest BCUT2D eigenvalue weighted by Gasteiger charge is 2.23. The molecule has 1 rings (SSSR count). The standard InChI is InChI=1S/C11H23NOS/c1-3-4-6-12-7-9-14-11-5-8-13-10(11)2/h10-12H,3-9H2,1-2H3. The van der Waals surface area contributed by atoms with Crippen molar-refractivity contribution in [2.45, 2.75) is 44.5 Å². The molecule has 0 spiro atoms. The zero-order valence-electron chi connectivity index (χ0n) is 9.42. The van der Waals surface area contributed by atoms with Crippen LogP contribution in [-0.2, 0) is 4.74 Å². The summed E-state index contributed by atoms with van der Waals surface area (Å²) in [6.45, 7) is 7.70. The maximum atomic E-state index is 5.52. The Labute approximate surface area is 92.2 Å². The average molecular weight is 217 g/mol. The highest BCUT2D eigenvalue weighted by molar-refractivity contribution is 8.00. The van der Waals surface area contributed by atoms with Crippen molar-refractivity contribution in [3.63, 3.8) is 0 Å². The molecule has 0 aromatic heterocycles. The first-order valence-electron chi connectivity index (χ1n) is 5.78. The molecule has 84 valence electrons. The Bertz CT molecular complexity index is 143. The van der Waals surface area contributed by atoms with Crippen molar-refractivity contribution in [1.29, 1.82) is 0 Å². The molecule has 1 aliphatic heterocycles. The number of rotatable bonds is 7. The Hall–Kier alpha value is 0.270. The Morgan fingerprint density at radius 3 is 2.93 bits per heavy atom. The molecule has 2 unspecified atom stereocenters. The van der Waals surface area contributed by atoms with E-state index in [1.54, 1.807) is 0 Å². The molecular weight excluding hydrogens is 194 g/mol. The number of unbranched alkanes of at least 4 members (excludes halogenated alkanes) is 1. The molecule has 2 atom stereocenters. The summed E-state index contributed by atoms with van der Waals surface area (Å²) in [5.41, 5.74) is 0. The molecule has 1 N–H and O–H groups in total. The molecule has 1 heterocycles. The second-order valence-electron chi connectivity index (χ2n) is 3.88. The van der Waals surface area contributed by atoms with Crippen LogP contribution in [0.25, 0.3) is 0 Å². The molecule has 3 heteroatoms. The van der Waals surface area contributed by atoms with E-state index in [1.165, 1.54) is 31.6 Å². The van der Waals surface area contributed by atoms with Gasteiger partial charge >= 0.3 is 0 Å². The van der Waals surface area contributed by atoms with Gasteiger partial charge < -0.3 is 10.1 Å². The van der Waals surface area contributed by atoms with Crippen molar-refractivity contribution in [2.75, 3.05) is 25.4 Å². The van der Waals surface area contributed by atoms with Gasteiger partial charge in [-0.05, 0) is 26.3 Å². The van der Waals surface area contributed by atoms with E-state index in [0.29, 0.717) is 6.10 Å². The van der Waals surface area contributed by atoms with Gasteiger partial charge in [0.1, 0.15) is 0 Å². The summed E-state index contributed by atoms with van der Waals surface area (Å²) < 4.78 is 5.52. The van der Waals surface area contributed by atoms with Gasteiger partial charge in [-0.1, -0.05) is 13.3 Å². The zero-order chi connectivity index (χ0) is 10.2. The first kappa shape index (κ1) is 12.3. The largest absolute Gasteiger partial charge is 0.377 e. The summed E-state index contributed by atoms with van der Waals surface area (Å²) >= 11 is 2.06. The molecule has 0 saturated carbocycles. The molecule has 14 heavy (non-hydrogen) atoms. The highest BCUT2D eigenvalue weighted by atomic mass is 32.2. The predicted molar refractivity (Wildman–Crippen MR) is 64.1 cm³/mol. The lowest BCUT2D eigenvalue weighted by Crippen LogP contribution is -2.21. The van der Waals surface area contributed by atoms with Crippen molar-refractivity contribution >= 4 is 11.8 Å². The van der Waals surface area contributed by atoms with E-state index in [0.717, 1.165) is 18.4 Å². The van der Waals surface area contributed by atoms with Crippen LogP contribution in [0.4, 0.5) is 0 Å². The van der Waals surface area contributed by atoms with Crippen molar-refractivity contribution in [3.8, 4) is 0 Å². The van der Waals surface area contributed by atoms with Gasteiger partial charge in [-0.2, -0.15) is 11.8 Å². The van der Waals surface area contributed by atoms with E-state index in [1.807, 2.05) is 0 Å². The molecule has 0 aromatic rings. The van der Waals surface area contributed by atoms with Gasteiger partial charge in [0.25, 0.3) is 0 Å². The zero-order valence-corrected chi connectivity index (χ0v) is 10.2. The third-order valence-corrected chi connectivity index (χ3v) is 4.11. The maximum absolute atomic E-state index is 5.52. The molecule has 0 radical (unpaired) electrons. The minimum atomic E-state index is 0.468. The molecule has 1 saturated heterocycles. The fourth-order valence-electron chi connectivity index (χ4n) is 1.64.